The first-order valence-corrected chi connectivity index (χ1v) is 8.87. The summed E-state index contributed by atoms with van der Waals surface area (Å²) in [6.45, 7) is 12.5. The van der Waals surface area contributed by atoms with Crippen LogP contribution in [0.15, 0.2) is 22.9 Å². The van der Waals surface area contributed by atoms with Crippen LogP contribution >= 0.6 is 11.3 Å². The van der Waals surface area contributed by atoms with Crippen LogP contribution in [0.1, 0.15) is 52.7 Å². The normalized spacial score (nSPS) is 12.6. The molecule has 2 aromatic heterocycles. The van der Waals surface area contributed by atoms with E-state index >= 15 is 0 Å². The third-order valence-corrected chi connectivity index (χ3v) is 4.90. The Balaban J connectivity index is 2.16. The van der Waals surface area contributed by atoms with E-state index in [4.69, 9.17) is 4.42 Å². The zero-order valence-electron chi connectivity index (χ0n) is 15.3. The first-order valence-electron chi connectivity index (χ1n) is 8.06. The summed E-state index contributed by atoms with van der Waals surface area (Å²) in [5.74, 6) is 0.708. The lowest BCUT2D eigenvalue weighted by atomic mass is 9.78. The zero-order valence-corrected chi connectivity index (χ0v) is 16.1. The predicted molar refractivity (Wildman–Crippen MR) is 97.7 cm³/mol. The molecule has 0 radical (unpaired) electrons. The topological polar surface area (TPSA) is 84.9 Å². The van der Waals surface area contributed by atoms with Crippen molar-refractivity contribution in [2.24, 2.45) is 0 Å². The second-order valence-corrected chi connectivity index (χ2v) is 9.05. The van der Waals surface area contributed by atoms with Gasteiger partial charge >= 0.3 is 0 Å². The number of phenolic OH excluding ortho intramolecular Hbond substituents is 1. The monoisotopic (exact) mass is 358 g/mol. The summed E-state index contributed by atoms with van der Waals surface area (Å²) < 4.78 is 5.19. The first kappa shape index (κ1) is 17.5. The van der Waals surface area contributed by atoms with Crippen LogP contribution in [0.2, 0.25) is 0 Å². The van der Waals surface area contributed by atoms with E-state index in [2.05, 4.69) is 61.9 Å². The van der Waals surface area contributed by atoms with Gasteiger partial charge in [0.25, 0.3) is 5.89 Å². The lowest BCUT2D eigenvalue weighted by Gasteiger charge is -2.27. The predicted octanol–water partition coefficient (Wildman–Crippen LogP) is 4.56. The molecule has 1 N–H and O–H groups in total. The first-order chi connectivity index (χ1) is 11.6. The van der Waals surface area contributed by atoms with Crippen LogP contribution in [0.25, 0.3) is 21.5 Å². The van der Waals surface area contributed by atoms with Gasteiger partial charge in [-0.25, -0.2) is 0 Å². The van der Waals surface area contributed by atoms with Crippen molar-refractivity contribution >= 4 is 11.3 Å². The maximum atomic E-state index is 10.8. The highest BCUT2D eigenvalue weighted by Crippen LogP contribution is 2.42. The maximum Gasteiger partial charge on any atom is 0.278 e. The van der Waals surface area contributed by atoms with E-state index in [0.29, 0.717) is 16.6 Å². The molecular formula is C18H22N4O2S. The Morgan fingerprint density at radius 1 is 0.880 bits per heavy atom. The van der Waals surface area contributed by atoms with Crippen molar-refractivity contribution in [2.45, 2.75) is 52.4 Å². The lowest BCUT2D eigenvalue weighted by Crippen LogP contribution is -2.17. The van der Waals surface area contributed by atoms with Crippen molar-refractivity contribution in [3.05, 3.63) is 29.7 Å². The minimum Gasteiger partial charge on any atom is -0.507 e. The van der Waals surface area contributed by atoms with E-state index in [1.54, 1.807) is 0 Å². The van der Waals surface area contributed by atoms with Crippen LogP contribution in [0.5, 0.6) is 5.75 Å². The fourth-order valence-electron chi connectivity index (χ4n) is 2.59. The highest BCUT2D eigenvalue weighted by atomic mass is 32.1. The highest BCUT2D eigenvalue weighted by Gasteiger charge is 2.27. The molecule has 0 bridgehead atoms. The van der Waals surface area contributed by atoms with Crippen molar-refractivity contribution in [3.8, 4) is 27.2 Å². The Kier molecular flexibility index (Phi) is 4.15. The number of aromatic nitrogens is 4. The molecule has 2 heterocycles. The second kappa shape index (κ2) is 5.91. The van der Waals surface area contributed by atoms with Gasteiger partial charge in [0.05, 0.1) is 0 Å². The summed E-state index contributed by atoms with van der Waals surface area (Å²) in [5, 5.41) is 28.1. The van der Waals surface area contributed by atoms with Crippen LogP contribution in [-0.2, 0) is 10.8 Å². The van der Waals surface area contributed by atoms with Crippen LogP contribution < -0.4 is 0 Å². The molecule has 0 aliphatic heterocycles. The average Bonchev–Trinajstić information content (AvgIpc) is 3.16. The van der Waals surface area contributed by atoms with E-state index in [-0.39, 0.29) is 10.8 Å². The van der Waals surface area contributed by atoms with E-state index in [1.165, 1.54) is 17.7 Å². The molecule has 0 atom stereocenters. The molecule has 0 saturated carbocycles. The van der Waals surface area contributed by atoms with Gasteiger partial charge in [-0.3, -0.25) is 0 Å². The van der Waals surface area contributed by atoms with Gasteiger partial charge in [-0.15, -0.1) is 20.4 Å². The van der Waals surface area contributed by atoms with E-state index in [1.807, 2.05) is 12.1 Å². The number of aromatic hydroxyl groups is 1. The number of rotatable bonds is 2. The van der Waals surface area contributed by atoms with Gasteiger partial charge in [0.15, 0.2) is 0 Å². The van der Waals surface area contributed by atoms with Gasteiger partial charge in [0.2, 0.25) is 11.4 Å². The lowest BCUT2D eigenvalue weighted by molar-refractivity contribution is 0.423. The number of phenols is 1. The highest BCUT2D eigenvalue weighted by molar-refractivity contribution is 7.17. The SMILES string of the molecule is CC(C)(C)c1cc(-c2nnc(-c3nnco3)s2)cc(C(C)(C)C)c1O. The summed E-state index contributed by atoms with van der Waals surface area (Å²) >= 11 is 1.39. The molecular weight excluding hydrogens is 336 g/mol. The number of hydrogen-bond donors (Lipinski definition) is 1. The molecule has 0 aliphatic carbocycles. The molecule has 0 unspecified atom stereocenters. The van der Waals surface area contributed by atoms with Crippen molar-refractivity contribution < 1.29 is 9.52 Å². The van der Waals surface area contributed by atoms with Crippen molar-refractivity contribution in [1.82, 2.24) is 20.4 Å². The van der Waals surface area contributed by atoms with Gasteiger partial charge in [0.1, 0.15) is 10.8 Å². The van der Waals surface area contributed by atoms with E-state index in [9.17, 15) is 5.11 Å². The molecule has 6 nitrogen and oxygen atoms in total. The summed E-state index contributed by atoms with van der Waals surface area (Å²) in [5.41, 5.74) is 2.32. The van der Waals surface area contributed by atoms with Gasteiger partial charge in [-0.2, -0.15) is 0 Å². The fraction of sp³-hybridized carbons (Fsp3) is 0.444. The molecule has 0 fully saturated rings. The van der Waals surface area contributed by atoms with Crippen molar-refractivity contribution in [1.29, 1.82) is 0 Å². The minimum absolute atomic E-state index is 0.194. The average molecular weight is 358 g/mol. The maximum absolute atomic E-state index is 10.8. The van der Waals surface area contributed by atoms with Crippen LogP contribution in [0, 0.1) is 0 Å². The van der Waals surface area contributed by atoms with Gasteiger partial charge < -0.3 is 9.52 Å². The van der Waals surface area contributed by atoms with Gasteiger partial charge in [-0.05, 0) is 23.0 Å². The number of benzene rings is 1. The fourth-order valence-corrected chi connectivity index (χ4v) is 3.35. The molecule has 0 spiro atoms. The molecule has 25 heavy (non-hydrogen) atoms. The van der Waals surface area contributed by atoms with Gasteiger partial charge in [-0.1, -0.05) is 52.9 Å². The molecule has 1 aromatic carbocycles. The smallest absolute Gasteiger partial charge is 0.278 e. The number of hydrogen-bond acceptors (Lipinski definition) is 7. The second-order valence-electron chi connectivity index (χ2n) is 8.08. The number of nitrogens with zero attached hydrogens (tertiary/aromatic N) is 4. The Hall–Kier alpha value is -2.28. The third kappa shape index (κ3) is 3.42. The van der Waals surface area contributed by atoms with Crippen LogP contribution in [0.3, 0.4) is 0 Å². The van der Waals surface area contributed by atoms with Crippen molar-refractivity contribution in [3.63, 3.8) is 0 Å². The summed E-state index contributed by atoms with van der Waals surface area (Å²) in [6.07, 6.45) is 1.27. The molecule has 0 amide bonds. The third-order valence-electron chi connectivity index (χ3n) is 3.94. The van der Waals surface area contributed by atoms with Crippen molar-refractivity contribution in [2.75, 3.05) is 0 Å². The van der Waals surface area contributed by atoms with Gasteiger partial charge in [0, 0.05) is 16.7 Å². The molecule has 0 aliphatic rings. The summed E-state index contributed by atoms with van der Waals surface area (Å²) in [6, 6.07) is 3.98. The van der Waals surface area contributed by atoms with Crippen LogP contribution in [0.4, 0.5) is 0 Å². The Morgan fingerprint density at radius 3 is 1.92 bits per heavy atom. The molecule has 132 valence electrons. The molecule has 0 saturated heterocycles. The largest absolute Gasteiger partial charge is 0.507 e. The molecule has 7 heteroatoms. The zero-order chi connectivity index (χ0) is 18.4. The minimum atomic E-state index is -0.194. The summed E-state index contributed by atoms with van der Waals surface area (Å²) in [4.78, 5) is 0. The Morgan fingerprint density at radius 2 is 1.44 bits per heavy atom. The van der Waals surface area contributed by atoms with E-state index < -0.39 is 0 Å². The Bertz CT molecular complexity index is 852. The van der Waals surface area contributed by atoms with E-state index in [0.717, 1.165) is 21.7 Å². The Labute approximate surface area is 151 Å². The van der Waals surface area contributed by atoms with Crippen LogP contribution in [-0.4, -0.2) is 25.5 Å². The quantitative estimate of drug-likeness (QED) is 0.723. The molecule has 3 aromatic rings. The molecule has 3 rings (SSSR count). The standard InChI is InChI=1S/C18H22N4O2S/c1-17(2,3)11-7-10(8-12(13(11)23)18(4,5)6)15-21-22-16(25-15)14-20-19-9-24-14/h7-9,23H,1-6H3. The summed E-state index contributed by atoms with van der Waals surface area (Å²) in [7, 11) is 0.